The van der Waals surface area contributed by atoms with E-state index in [1.165, 1.54) is 30.3 Å². The average Bonchev–Trinajstić information content (AvgIpc) is 2.33. The first-order chi connectivity index (χ1) is 8.58. The minimum Gasteiger partial charge on any atom is -0.388 e. The van der Waals surface area contributed by atoms with Gasteiger partial charge in [-0.25, -0.2) is 8.78 Å². The summed E-state index contributed by atoms with van der Waals surface area (Å²) in [6.45, 7) is 0. The highest BCUT2D eigenvalue weighted by molar-refractivity contribution is 6.31. The molecule has 0 spiro atoms. The first-order valence-electron chi connectivity index (χ1n) is 5.44. The van der Waals surface area contributed by atoms with Crippen molar-refractivity contribution in [3.05, 3.63) is 70.2 Å². The van der Waals surface area contributed by atoms with E-state index >= 15 is 0 Å². The van der Waals surface area contributed by atoms with Crippen molar-refractivity contribution in [2.45, 2.75) is 12.5 Å². The molecule has 94 valence electrons. The van der Waals surface area contributed by atoms with Crippen molar-refractivity contribution in [3.8, 4) is 0 Å². The monoisotopic (exact) mass is 268 g/mol. The normalized spacial score (nSPS) is 12.4. The molecule has 0 radical (unpaired) electrons. The second-order valence-corrected chi connectivity index (χ2v) is 4.38. The van der Waals surface area contributed by atoms with Crippen LogP contribution in [0.3, 0.4) is 0 Å². The van der Waals surface area contributed by atoms with Crippen LogP contribution in [-0.2, 0) is 6.42 Å². The SMILES string of the molecule is OC(Cc1ccc(F)cc1Cl)c1ccccc1F. The molecule has 1 atom stereocenters. The van der Waals surface area contributed by atoms with E-state index in [2.05, 4.69) is 0 Å². The van der Waals surface area contributed by atoms with Crippen LogP contribution < -0.4 is 0 Å². The Bertz CT molecular complexity index is 557. The smallest absolute Gasteiger partial charge is 0.129 e. The van der Waals surface area contributed by atoms with Gasteiger partial charge in [-0.3, -0.25) is 0 Å². The summed E-state index contributed by atoms with van der Waals surface area (Å²) in [7, 11) is 0. The molecular weight excluding hydrogens is 258 g/mol. The fourth-order valence-electron chi connectivity index (χ4n) is 1.75. The third-order valence-corrected chi connectivity index (χ3v) is 3.04. The van der Waals surface area contributed by atoms with E-state index < -0.39 is 17.7 Å². The van der Waals surface area contributed by atoms with Crippen LogP contribution in [0.2, 0.25) is 5.02 Å². The van der Waals surface area contributed by atoms with Crippen LogP contribution in [0, 0.1) is 11.6 Å². The van der Waals surface area contributed by atoms with E-state index in [0.29, 0.717) is 5.56 Å². The van der Waals surface area contributed by atoms with Gasteiger partial charge in [-0.15, -0.1) is 0 Å². The summed E-state index contributed by atoms with van der Waals surface area (Å²) in [4.78, 5) is 0. The predicted molar refractivity (Wildman–Crippen MR) is 66.5 cm³/mol. The van der Waals surface area contributed by atoms with Crippen LogP contribution in [0.25, 0.3) is 0 Å². The summed E-state index contributed by atoms with van der Waals surface area (Å²) in [5.41, 5.74) is 0.784. The Labute approximate surface area is 109 Å². The molecule has 2 aromatic carbocycles. The minimum absolute atomic E-state index is 0.139. The molecule has 0 fully saturated rings. The Kier molecular flexibility index (Phi) is 3.94. The third-order valence-electron chi connectivity index (χ3n) is 2.69. The second kappa shape index (κ2) is 5.46. The molecule has 1 unspecified atom stereocenters. The zero-order valence-electron chi connectivity index (χ0n) is 9.41. The van der Waals surface area contributed by atoms with Crippen molar-refractivity contribution < 1.29 is 13.9 Å². The topological polar surface area (TPSA) is 20.2 Å². The molecule has 2 aromatic rings. The van der Waals surface area contributed by atoms with Crippen LogP contribution in [-0.4, -0.2) is 5.11 Å². The second-order valence-electron chi connectivity index (χ2n) is 3.98. The van der Waals surface area contributed by atoms with Crippen molar-refractivity contribution in [2.24, 2.45) is 0 Å². The van der Waals surface area contributed by atoms with E-state index in [4.69, 9.17) is 11.6 Å². The first-order valence-corrected chi connectivity index (χ1v) is 5.82. The zero-order chi connectivity index (χ0) is 13.1. The third kappa shape index (κ3) is 2.86. The molecule has 4 heteroatoms. The number of hydrogen-bond acceptors (Lipinski definition) is 1. The molecule has 1 nitrogen and oxygen atoms in total. The number of halogens is 3. The van der Waals surface area contributed by atoms with Crippen molar-refractivity contribution in [2.75, 3.05) is 0 Å². The fourth-order valence-corrected chi connectivity index (χ4v) is 2.00. The number of aliphatic hydroxyl groups is 1. The number of rotatable bonds is 3. The Morgan fingerprint density at radius 1 is 1.11 bits per heavy atom. The number of benzene rings is 2. The van der Waals surface area contributed by atoms with Gasteiger partial charge in [-0.05, 0) is 23.8 Å². The van der Waals surface area contributed by atoms with Crippen LogP contribution in [0.1, 0.15) is 17.2 Å². The van der Waals surface area contributed by atoms with Crippen LogP contribution in [0.4, 0.5) is 8.78 Å². The van der Waals surface area contributed by atoms with E-state index in [1.54, 1.807) is 12.1 Å². The molecule has 1 N–H and O–H groups in total. The summed E-state index contributed by atoms with van der Waals surface area (Å²) in [5, 5.41) is 10.2. The summed E-state index contributed by atoms with van der Waals surface area (Å²) < 4.78 is 26.3. The first kappa shape index (κ1) is 13.0. The van der Waals surface area contributed by atoms with Gasteiger partial charge in [0.2, 0.25) is 0 Å². The predicted octanol–water partition coefficient (Wildman–Crippen LogP) is 3.89. The Morgan fingerprint density at radius 2 is 1.83 bits per heavy atom. The van der Waals surface area contributed by atoms with Crippen LogP contribution >= 0.6 is 11.6 Å². The van der Waals surface area contributed by atoms with Gasteiger partial charge in [0, 0.05) is 17.0 Å². The maximum atomic E-state index is 13.5. The molecule has 0 amide bonds. The standard InChI is InChI=1S/C14H11ClF2O/c15-12-8-10(16)6-5-9(12)7-14(18)11-3-1-2-4-13(11)17/h1-6,8,14,18H,7H2. The molecule has 0 saturated heterocycles. The van der Waals surface area contributed by atoms with Gasteiger partial charge >= 0.3 is 0 Å². The molecule has 2 rings (SSSR count). The highest BCUT2D eigenvalue weighted by Gasteiger charge is 2.14. The zero-order valence-corrected chi connectivity index (χ0v) is 10.2. The lowest BCUT2D eigenvalue weighted by Crippen LogP contribution is -2.04. The van der Waals surface area contributed by atoms with Crippen molar-refractivity contribution in [1.29, 1.82) is 0 Å². The van der Waals surface area contributed by atoms with Gasteiger partial charge in [-0.2, -0.15) is 0 Å². The molecule has 0 aliphatic heterocycles. The lowest BCUT2D eigenvalue weighted by molar-refractivity contribution is 0.173. The highest BCUT2D eigenvalue weighted by Crippen LogP contribution is 2.25. The van der Waals surface area contributed by atoms with Crippen molar-refractivity contribution in [1.82, 2.24) is 0 Å². The maximum Gasteiger partial charge on any atom is 0.129 e. The fraction of sp³-hybridized carbons (Fsp3) is 0.143. The molecular formula is C14H11ClF2O. The number of aliphatic hydroxyl groups excluding tert-OH is 1. The minimum atomic E-state index is -1.01. The molecule has 0 bridgehead atoms. The summed E-state index contributed by atoms with van der Waals surface area (Å²) >= 11 is 5.86. The maximum absolute atomic E-state index is 13.5. The molecule has 18 heavy (non-hydrogen) atoms. The van der Waals surface area contributed by atoms with Gasteiger partial charge in [0.1, 0.15) is 11.6 Å². The van der Waals surface area contributed by atoms with Gasteiger partial charge in [0.05, 0.1) is 6.10 Å². The van der Waals surface area contributed by atoms with Crippen LogP contribution in [0.15, 0.2) is 42.5 Å². The molecule has 0 saturated carbocycles. The molecule has 0 heterocycles. The Hall–Kier alpha value is -1.45. The lowest BCUT2D eigenvalue weighted by Gasteiger charge is -2.13. The van der Waals surface area contributed by atoms with Gasteiger partial charge in [-0.1, -0.05) is 35.9 Å². The summed E-state index contributed by atoms with van der Waals surface area (Å²) in [6.07, 6.45) is -0.866. The Morgan fingerprint density at radius 3 is 2.50 bits per heavy atom. The largest absolute Gasteiger partial charge is 0.388 e. The van der Waals surface area contributed by atoms with Gasteiger partial charge in [0.15, 0.2) is 0 Å². The summed E-state index contributed by atoms with van der Waals surface area (Å²) in [6, 6.07) is 9.91. The number of hydrogen-bond donors (Lipinski definition) is 1. The van der Waals surface area contributed by atoms with Gasteiger partial charge < -0.3 is 5.11 Å². The van der Waals surface area contributed by atoms with Gasteiger partial charge in [0.25, 0.3) is 0 Å². The Balaban J connectivity index is 2.21. The molecule has 0 aliphatic carbocycles. The van der Waals surface area contributed by atoms with Crippen molar-refractivity contribution >= 4 is 11.6 Å². The molecule has 0 aliphatic rings. The molecule has 0 aromatic heterocycles. The van der Waals surface area contributed by atoms with Crippen LogP contribution in [0.5, 0.6) is 0 Å². The van der Waals surface area contributed by atoms with E-state index in [1.807, 2.05) is 0 Å². The highest BCUT2D eigenvalue weighted by atomic mass is 35.5. The van der Waals surface area contributed by atoms with E-state index in [9.17, 15) is 13.9 Å². The van der Waals surface area contributed by atoms with E-state index in [-0.39, 0.29) is 17.0 Å². The van der Waals surface area contributed by atoms with Crippen molar-refractivity contribution in [3.63, 3.8) is 0 Å². The summed E-state index contributed by atoms with van der Waals surface area (Å²) in [5.74, 6) is -0.910. The van der Waals surface area contributed by atoms with E-state index in [0.717, 1.165) is 0 Å². The lowest BCUT2D eigenvalue weighted by atomic mass is 10.0. The average molecular weight is 269 g/mol. The quantitative estimate of drug-likeness (QED) is 0.895.